The molecule has 0 atom stereocenters. The molecule has 0 aliphatic heterocycles. The maximum absolute atomic E-state index is 12.7. The van der Waals surface area contributed by atoms with Crippen molar-refractivity contribution in [1.82, 2.24) is 9.97 Å². The Morgan fingerprint density at radius 2 is 1.96 bits per heavy atom. The van der Waals surface area contributed by atoms with E-state index >= 15 is 0 Å². The molecule has 0 aliphatic rings. The molecule has 0 saturated carbocycles. The summed E-state index contributed by atoms with van der Waals surface area (Å²) in [4.78, 5) is 21.0. The SMILES string of the molecule is Cc1c(C(=O)Nc2ccnc(CNc3cccnc3N)c2)oc2ccccc12. The first-order valence-electron chi connectivity index (χ1n) is 8.80. The van der Waals surface area contributed by atoms with Crippen LogP contribution in [0.5, 0.6) is 0 Å². The summed E-state index contributed by atoms with van der Waals surface area (Å²) < 4.78 is 5.72. The summed E-state index contributed by atoms with van der Waals surface area (Å²) in [5.41, 5.74) is 9.46. The quantitative estimate of drug-likeness (QED) is 0.489. The van der Waals surface area contributed by atoms with Gasteiger partial charge in [0, 0.05) is 29.0 Å². The van der Waals surface area contributed by atoms with Crippen molar-refractivity contribution < 1.29 is 9.21 Å². The zero-order valence-corrected chi connectivity index (χ0v) is 15.3. The van der Waals surface area contributed by atoms with Crippen LogP contribution in [0.1, 0.15) is 21.8 Å². The van der Waals surface area contributed by atoms with Crippen molar-refractivity contribution in [2.24, 2.45) is 0 Å². The lowest BCUT2D eigenvalue weighted by Crippen LogP contribution is -2.13. The Labute approximate surface area is 161 Å². The normalized spacial score (nSPS) is 10.8. The molecular formula is C21H19N5O2. The number of hydrogen-bond donors (Lipinski definition) is 3. The molecule has 4 rings (SSSR count). The van der Waals surface area contributed by atoms with E-state index in [4.69, 9.17) is 10.2 Å². The van der Waals surface area contributed by atoms with Crippen molar-refractivity contribution in [2.75, 3.05) is 16.4 Å². The molecule has 3 heterocycles. The molecule has 0 saturated heterocycles. The van der Waals surface area contributed by atoms with Gasteiger partial charge < -0.3 is 20.8 Å². The number of amides is 1. The van der Waals surface area contributed by atoms with Gasteiger partial charge in [0.15, 0.2) is 5.76 Å². The molecule has 4 N–H and O–H groups in total. The number of nitrogens with two attached hydrogens (primary N) is 1. The lowest BCUT2D eigenvalue weighted by atomic mass is 10.1. The van der Waals surface area contributed by atoms with Crippen LogP contribution in [-0.2, 0) is 6.54 Å². The number of fused-ring (bicyclic) bond motifs is 1. The molecular weight excluding hydrogens is 354 g/mol. The van der Waals surface area contributed by atoms with Gasteiger partial charge in [0.2, 0.25) is 0 Å². The number of aryl methyl sites for hydroxylation is 1. The molecule has 0 unspecified atom stereocenters. The summed E-state index contributed by atoms with van der Waals surface area (Å²) in [7, 11) is 0. The predicted molar refractivity (Wildman–Crippen MR) is 109 cm³/mol. The standard InChI is InChI=1S/C21H19N5O2/c1-13-16-5-2-3-7-18(16)28-19(13)21(27)26-14-8-10-23-15(11-14)12-25-17-6-4-9-24-20(17)22/h2-11,25H,12H2,1H3,(H2,22,24)(H,23,26,27). The van der Waals surface area contributed by atoms with Gasteiger partial charge in [-0.15, -0.1) is 0 Å². The van der Waals surface area contributed by atoms with Gasteiger partial charge in [-0.3, -0.25) is 9.78 Å². The molecule has 0 radical (unpaired) electrons. The summed E-state index contributed by atoms with van der Waals surface area (Å²) in [6, 6.07) is 14.8. The number of benzene rings is 1. The average molecular weight is 373 g/mol. The second kappa shape index (κ2) is 7.40. The molecule has 0 spiro atoms. The van der Waals surface area contributed by atoms with Crippen molar-refractivity contribution in [1.29, 1.82) is 0 Å². The maximum Gasteiger partial charge on any atom is 0.291 e. The molecule has 1 aromatic carbocycles. The number of nitrogens with zero attached hydrogens (tertiary/aromatic N) is 2. The summed E-state index contributed by atoms with van der Waals surface area (Å²) >= 11 is 0. The third-order valence-corrected chi connectivity index (χ3v) is 4.42. The molecule has 3 aromatic heterocycles. The molecule has 1 amide bonds. The Morgan fingerprint density at radius 1 is 1.11 bits per heavy atom. The molecule has 140 valence electrons. The molecule has 0 fully saturated rings. The number of nitrogens with one attached hydrogen (secondary N) is 2. The number of anilines is 3. The zero-order chi connectivity index (χ0) is 19.5. The summed E-state index contributed by atoms with van der Waals surface area (Å²) in [6.07, 6.45) is 3.28. The van der Waals surface area contributed by atoms with Crippen LogP contribution in [0, 0.1) is 6.92 Å². The first-order chi connectivity index (χ1) is 13.6. The fraction of sp³-hybridized carbons (Fsp3) is 0.0952. The number of rotatable bonds is 5. The molecule has 0 bridgehead atoms. The lowest BCUT2D eigenvalue weighted by molar-refractivity contribution is 0.0998. The van der Waals surface area contributed by atoms with Crippen LogP contribution in [0.15, 0.2) is 65.3 Å². The van der Waals surface area contributed by atoms with E-state index in [0.717, 1.165) is 22.3 Å². The number of pyridine rings is 2. The highest BCUT2D eigenvalue weighted by Crippen LogP contribution is 2.25. The number of furan rings is 1. The third kappa shape index (κ3) is 3.50. The smallest absolute Gasteiger partial charge is 0.291 e. The highest BCUT2D eigenvalue weighted by Gasteiger charge is 2.17. The Kier molecular flexibility index (Phi) is 4.63. The number of carbonyl (C=O) groups is 1. The van der Waals surface area contributed by atoms with Gasteiger partial charge >= 0.3 is 0 Å². The summed E-state index contributed by atoms with van der Waals surface area (Å²) in [6.45, 7) is 2.32. The molecule has 7 heteroatoms. The van der Waals surface area contributed by atoms with Crippen molar-refractivity contribution in [3.8, 4) is 0 Å². The third-order valence-electron chi connectivity index (χ3n) is 4.42. The molecule has 0 aliphatic carbocycles. The van der Waals surface area contributed by atoms with E-state index in [-0.39, 0.29) is 5.91 Å². The van der Waals surface area contributed by atoms with Crippen molar-refractivity contribution in [3.05, 3.63) is 77.9 Å². The van der Waals surface area contributed by atoms with Crippen LogP contribution >= 0.6 is 0 Å². The minimum Gasteiger partial charge on any atom is -0.451 e. The van der Waals surface area contributed by atoms with Crippen molar-refractivity contribution in [2.45, 2.75) is 13.5 Å². The lowest BCUT2D eigenvalue weighted by Gasteiger charge is -2.09. The Morgan fingerprint density at radius 3 is 2.79 bits per heavy atom. The largest absolute Gasteiger partial charge is 0.451 e. The number of aromatic nitrogens is 2. The number of carbonyl (C=O) groups excluding carboxylic acids is 1. The van der Waals surface area contributed by atoms with Crippen LogP contribution in [0.4, 0.5) is 17.2 Å². The summed E-state index contributed by atoms with van der Waals surface area (Å²) in [5.74, 6) is 0.434. The van der Waals surface area contributed by atoms with Crippen LogP contribution < -0.4 is 16.4 Å². The number of nitrogen functional groups attached to an aromatic ring is 1. The van der Waals surface area contributed by atoms with Crippen LogP contribution in [-0.4, -0.2) is 15.9 Å². The number of para-hydroxylation sites is 1. The second-order valence-corrected chi connectivity index (χ2v) is 6.33. The fourth-order valence-corrected chi connectivity index (χ4v) is 2.98. The molecule has 4 aromatic rings. The molecule has 7 nitrogen and oxygen atoms in total. The second-order valence-electron chi connectivity index (χ2n) is 6.33. The van der Waals surface area contributed by atoms with Crippen molar-refractivity contribution >= 4 is 34.1 Å². The van der Waals surface area contributed by atoms with Crippen LogP contribution in [0.2, 0.25) is 0 Å². The average Bonchev–Trinajstić information content (AvgIpc) is 3.05. The Hall–Kier alpha value is -3.87. The van der Waals surface area contributed by atoms with Crippen LogP contribution in [0.3, 0.4) is 0 Å². The van der Waals surface area contributed by atoms with Gasteiger partial charge in [-0.1, -0.05) is 18.2 Å². The van der Waals surface area contributed by atoms with E-state index in [1.807, 2.05) is 37.3 Å². The van der Waals surface area contributed by atoms with E-state index in [0.29, 0.717) is 29.4 Å². The Bertz CT molecular complexity index is 1150. The van der Waals surface area contributed by atoms with E-state index < -0.39 is 0 Å². The summed E-state index contributed by atoms with van der Waals surface area (Å²) in [5, 5.41) is 6.99. The highest BCUT2D eigenvalue weighted by atomic mass is 16.3. The predicted octanol–water partition coefficient (Wildman–Crippen LogP) is 3.98. The van der Waals surface area contributed by atoms with Gasteiger partial charge in [-0.05, 0) is 37.3 Å². The van der Waals surface area contributed by atoms with Gasteiger partial charge in [-0.25, -0.2) is 4.98 Å². The van der Waals surface area contributed by atoms with Gasteiger partial charge in [0.25, 0.3) is 5.91 Å². The van der Waals surface area contributed by atoms with Gasteiger partial charge in [0.1, 0.15) is 11.4 Å². The van der Waals surface area contributed by atoms with Crippen molar-refractivity contribution in [3.63, 3.8) is 0 Å². The van der Waals surface area contributed by atoms with E-state index in [1.165, 1.54) is 0 Å². The maximum atomic E-state index is 12.7. The minimum atomic E-state index is -0.296. The van der Waals surface area contributed by atoms with Crippen LogP contribution in [0.25, 0.3) is 11.0 Å². The number of hydrogen-bond acceptors (Lipinski definition) is 6. The first-order valence-corrected chi connectivity index (χ1v) is 8.80. The Balaban J connectivity index is 1.49. The van der Waals surface area contributed by atoms with E-state index in [1.54, 1.807) is 30.6 Å². The minimum absolute atomic E-state index is 0.296. The highest BCUT2D eigenvalue weighted by molar-refractivity contribution is 6.06. The zero-order valence-electron chi connectivity index (χ0n) is 15.3. The topological polar surface area (TPSA) is 106 Å². The molecule has 28 heavy (non-hydrogen) atoms. The first kappa shape index (κ1) is 17.5. The monoisotopic (exact) mass is 373 g/mol. The fourth-order valence-electron chi connectivity index (χ4n) is 2.98. The van der Waals surface area contributed by atoms with Gasteiger partial charge in [0.05, 0.1) is 17.9 Å². The van der Waals surface area contributed by atoms with E-state index in [2.05, 4.69) is 20.6 Å². The van der Waals surface area contributed by atoms with Gasteiger partial charge in [-0.2, -0.15) is 0 Å². The van der Waals surface area contributed by atoms with E-state index in [9.17, 15) is 4.79 Å².